The van der Waals surface area contributed by atoms with Crippen molar-refractivity contribution in [2.45, 2.75) is 17.7 Å². The molecule has 21 heavy (non-hydrogen) atoms. The fourth-order valence-electron chi connectivity index (χ4n) is 2.20. The molecule has 7 heteroatoms. The minimum absolute atomic E-state index is 0. The van der Waals surface area contributed by atoms with Crippen LogP contribution in [0, 0.1) is 5.92 Å². The maximum absolute atomic E-state index is 12.0. The Hall–Kier alpha value is -1.24. The fourth-order valence-corrected chi connectivity index (χ4v) is 2.94. The van der Waals surface area contributed by atoms with Crippen molar-refractivity contribution in [3.8, 4) is 0 Å². The standard InChI is InChI=1S/C14H19N3O2S.ClH/c15-13(18)9-20-12-4-2-1-3-11(12)17-14(19)7-10-5-6-16-8-10;/h1-4,10,16H,5-9H2,(H2,15,18)(H,17,19);1H. The van der Waals surface area contributed by atoms with Crippen molar-refractivity contribution >= 4 is 41.7 Å². The summed E-state index contributed by atoms with van der Waals surface area (Å²) in [5.41, 5.74) is 5.89. The summed E-state index contributed by atoms with van der Waals surface area (Å²) in [5, 5.41) is 6.17. The fraction of sp³-hybridized carbons (Fsp3) is 0.429. The van der Waals surface area contributed by atoms with E-state index in [1.54, 1.807) is 0 Å². The molecule has 4 N–H and O–H groups in total. The molecule has 1 unspecified atom stereocenters. The van der Waals surface area contributed by atoms with Crippen LogP contribution in [-0.4, -0.2) is 30.7 Å². The van der Waals surface area contributed by atoms with Gasteiger partial charge < -0.3 is 16.4 Å². The van der Waals surface area contributed by atoms with E-state index in [-0.39, 0.29) is 30.0 Å². The number of benzene rings is 1. The van der Waals surface area contributed by atoms with Crippen LogP contribution in [0.4, 0.5) is 5.69 Å². The quantitative estimate of drug-likeness (QED) is 0.692. The van der Waals surface area contributed by atoms with Crippen molar-refractivity contribution < 1.29 is 9.59 Å². The minimum atomic E-state index is -0.367. The van der Waals surface area contributed by atoms with E-state index in [1.165, 1.54) is 11.8 Å². The molecule has 2 amide bonds. The van der Waals surface area contributed by atoms with Crippen LogP contribution < -0.4 is 16.4 Å². The second kappa shape index (κ2) is 8.92. The number of hydrogen-bond donors (Lipinski definition) is 3. The zero-order valence-corrected chi connectivity index (χ0v) is 13.3. The van der Waals surface area contributed by atoms with Gasteiger partial charge in [0.25, 0.3) is 0 Å². The molecule has 1 saturated heterocycles. The molecule has 0 radical (unpaired) electrons. The summed E-state index contributed by atoms with van der Waals surface area (Å²) in [5.74, 6) is 0.277. The number of para-hydroxylation sites is 1. The van der Waals surface area contributed by atoms with Gasteiger partial charge in [-0.05, 0) is 37.6 Å². The molecule has 1 aliphatic rings. The number of primary amides is 1. The monoisotopic (exact) mass is 329 g/mol. The molecule has 0 saturated carbocycles. The summed E-state index contributed by atoms with van der Waals surface area (Å²) in [6, 6.07) is 7.45. The average molecular weight is 330 g/mol. The van der Waals surface area contributed by atoms with Gasteiger partial charge in [-0.25, -0.2) is 0 Å². The molecule has 0 spiro atoms. The van der Waals surface area contributed by atoms with Gasteiger partial charge in [-0.1, -0.05) is 12.1 Å². The van der Waals surface area contributed by atoms with Crippen molar-refractivity contribution in [1.82, 2.24) is 5.32 Å². The van der Waals surface area contributed by atoms with E-state index in [2.05, 4.69) is 10.6 Å². The summed E-state index contributed by atoms with van der Waals surface area (Å²) >= 11 is 1.34. The molecular formula is C14H20ClN3O2S. The summed E-state index contributed by atoms with van der Waals surface area (Å²) in [6.07, 6.45) is 1.58. The number of carbonyl (C=O) groups excluding carboxylic acids is 2. The molecule has 1 fully saturated rings. The van der Waals surface area contributed by atoms with E-state index in [0.29, 0.717) is 12.3 Å². The number of amides is 2. The third-order valence-corrected chi connectivity index (χ3v) is 4.26. The smallest absolute Gasteiger partial charge is 0.227 e. The number of anilines is 1. The lowest BCUT2D eigenvalue weighted by molar-refractivity contribution is -0.117. The molecular weight excluding hydrogens is 310 g/mol. The summed E-state index contributed by atoms with van der Waals surface area (Å²) in [7, 11) is 0. The zero-order chi connectivity index (χ0) is 14.4. The Morgan fingerprint density at radius 1 is 1.38 bits per heavy atom. The van der Waals surface area contributed by atoms with Gasteiger partial charge in [-0.2, -0.15) is 0 Å². The summed E-state index contributed by atoms with van der Waals surface area (Å²) < 4.78 is 0. The topological polar surface area (TPSA) is 84.2 Å². The van der Waals surface area contributed by atoms with E-state index in [4.69, 9.17) is 5.73 Å². The molecule has 1 atom stereocenters. The largest absolute Gasteiger partial charge is 0.369 e. The SMILES string of the molecule is Cl.NC(=O)CSc1ccccc1NC(=O)CC1CCNC1. The number of carbonyl (C=O) groups is 2. The maximum atomic E-state index is 12.0. The minimum Gasteiger partial charge on any atom is -0.369 e. The summed E-state index contributed by atoms with van der Waals surface area (Å²) in [4.78, 5) is 23.7. The third kappa shape index (κ3) is 5.95. The van der Waals surface area contributed by atoms with Crippen molar-refractivity contribution in [3.63, 3.8) is 0 Å². The number of thioether (sulfide) groups is 1. The Balaban J connectivity index is 0.00000220. The van der Waals surface area contributed by atoms with Crippen molar-refractivity contribution in [1.29, 1.82) is 0 Å². The van der Waals surface area contributed by atoms with Crippen molar-refractivity contribution in [2.24, 2.45) is 11.7 Å². The third-order valence-electron chi connectivity index (χ3n) is 3.17. The average Bonchev–Trinajstić information content (AvgIpc) is 2.90. The second-order valence-corrected chi connectivity index (χ2v) is 5.88. The first kappa shape index (κ1) is 17.8. The number of hydrogen-bond acceptors (Lipinski definition) is 4. The molecule has 1 aromatic rings. The number of halogens is 1. The molecule has 0 bridgehead atoms. The molecule has 116 valence electrons. The maximum Gasteiger partial charge on any atom is 0.227 e. The Morgan fingerprint density at radius 3 is 2.81 bits per heavy atom. The van der Waals surface area contributed by atoms with Crippen molar-refractivity contribution in [3.05, 3.63) is 24.3 Å². The Morgan fingerprint density at radius 2 is 2.14 bits per heavy atom. The number of nitrogens with two attached hydrogens (primary N) is 1. The predicted octanol–water partition coefficient (Wildman–Crippen LogP) is 1.62. The van der Waals surface area contributed by atoms with Gasteiger partial charge in [0.1, 0.15) is 0 Å². The number of rotatable bonds is 6. The van der Waals surface area contributed by atoms with Crippen LogP contribution in [0.5, 0.6) is 0 Å². The van der Waals surface area contributed by atoms with Crippen LogP contribution in [0.2, 0.25) is 0 Å². The van der Waals surface area contributed by atoms with Gasteiger partial charge in [-0.3, -0.25) is 9.59 Å². The molecule has 0 aliphatic carbocycles. The van der Waals surface area contributed by atoms with Gasteiger partial charge >= 0.3 is 0 Å². The highest BCUT2D eigenvalue weighted by atomic mass is 35.5. The highest BCUT2D eigenvalue weighted by Gasteiger charge is 2.18. The lowest BCUT2D eigenvalue weighted by Crippen LogP contribution is -2.19. The molecule has 1 aliphatic heterocycles. The van der Waals surface area contributed by atoms with Crippen LogP contribution in [0.3, 0.4) is 0 Å². The van der Waals surface area contributed by atoms with Gasteiger partial charge in [0, 0.05) is 11.3 Å². The van der Waals surface area contributed by atoms with Crippen LogP contribution in [0.25, 0.3) is 0 Å². The summed E-state index contributed by atoms with van der Waals surface area (Å²) in [6.45, 7) is 1.90. The zero-order valence-electron chi connectivity index (χ0n) is 11.6. The van der Waals surface area contributed by atoms with Gasteiger partial charge in [0.15, 0.2) is 0 Å². The first-order valence-corrected chi connectivity index (χ1v) is 7.64. The Bertz CT molecular complexity index is 493. The van der Waals surface area contributed by atoms with Gasteiger partial charge in [0.05, 0.1) is 11.4 Å². The van der Waals surface area contributed by atoms with E-state index >= 15 is 0 Å². The van der Waals surface area contributed by atoms with Crippen LogP contribution >= 0.6 is 24.2 Å². The highest BCUT2D eigenvalue weighted by molar-refractivity contribution is 8.00. The molecule has 0 aromatic heterocycles. The number of nitrogens with one attached hydrogen (secondary N) is 2. The van der Waals surface area contributed by atoms with E-state index < -0.39 is 0 Å². The van der Waals surface area contributed by atoms with Gasteiger partial charge in [0.2, 0.25) is 11.8 Å². The lowest BCUT2D eigenvalue weighted by atomic mass is 10.0. The molecule has 1 aromatic carbocycles. The Labute approximate surface area is 134 Å². The van der Waals surface area contributed by atoms with Crippen molar-refractivity contribution in [2.75, 3.05) is 24.2 Å². The first-order valence-electron chi connectivity index (χ1n) is 6.66. The first-order chi connectivity index (χ1) is 9.65. The highest BCUT2D eigenvalue weighted by Crippen LogP contribution is 2.27. The molecule has 2 rings (SSSR count). The predicted molar refractivity (Wildman–Crippen MR) is 87.8 cm³/mol. The normalized spacial score (nSPS) is 17.0. The second-order valence-electron chi connectivity index (χ2n) is 4.86. The lowest BCUT2D eigenvalue weighted by Gasteiger charge is -2.12. The molecule has 5 nitrogen and oxygen atoms in total. The van der Waals surface area contributed by atoms with Crippen LogP contribution in [0.15, 0.2) is 29.2 Å². The van der Waals surface area contributed by atoms with E-state index in [1.807, 2.05) is 24.3 Å². The van der Waals surface area contributed by atoms with E-state index in [9.17, 15) is 9.59 Å². The Kier molecular flexibility index (Phi) is 7.56. The van der Waals surface area contributed by atoms with Gasteiger partial charge in [-0.15, -0.1) is 24.2 Å². The van der Waals surface area contributed by atoms with Crippen LogP contribution in [-0.2, 0) is 9.59 Å². The van der Waals surface area contributed by atoms with E-state index in [0.717, 1.165) is 30.1 Å². The van der Waals surface area contributed by atoms with Crippen LogP contribution in [0.1, 0.15) is 12.8 Å². The molecule has 1 heterocycles.